The molecule has 8 nitrogen and oxygen atoms in total. The Bertz CT molecular complexity index is 1130. The first-order valence-corrected chi connectivity index (χ1v) is 10.9. The lowest BCUT2D eigenvalue weighted by Crippen LogP contribution is -2.43. The largest absolute Gasteiger partial charge is 0.416 e. The first kappa shape index (κ1) is 22.8. The van der Waals surface area contributed by atoms with Gasteiger partial charge in [-0.15, -0.1) is 0 Å². The number of aromatic amines is 1. The summed E-state index contributed by atoms with van der Waals surface area (Å²) >= 11 is 0. The highest BCUT2D eigenvalue weighted by atomic mass is 19.4. The number of rotatable bonds is 4. The van der Waals surface area contributed by atoms with Crippen molar-refractivity contribution in [2.45, 2.75) is 57.2 Å². The van der Waals surface area contributed by atoms with Crippen molar-refractivity contribution in [3.8, 4) is 0 Å². The summed E-state index contributed by atoms with van der Waals surface area (Å²) in [5.74, 6) is -2.09. The van der Waals surface area contributed by atoms with Gasteiger partial charge in [0.1, 0.15) is 5.82 Å². The summed E-state index contributed by atoms with van der Waals surface area (Å²) in [6.45, 7) is 2.77. The number of amides is 2. The van der Waals surface area contributed by atoms with Gasteiger partial charge in [0, 0.05) is 24.7 Å². The van der Waals surface area contributed by atoms with Gasteiger partial charge in [0.2, 0.25) is 17.8 Å². The third kappa shape index (κ3) is 4.71. The van der Waals surface area contributed by atoms with Crippen molar-refractivity contribution in [1.82, 2.24) is 9.97 Å². The summed E-state index contributed by atoms with van der Waals surface area (Å²) in [6.07, 6.45) is -1.02. The Hall–Kier alpha value is -3.37. The first-order valence-electron chi connectivity index (χ1n) is 10.9. The predicted octanol–water partition coefficient (Wildman–Crippen LogP) is 3.62. The number of nitrogens with zero attached hydrogens (tertiary/aromatic N) is 2. The Kier molecular flexibility index (Phi) is 6.13. The molecule has 0 spiro atoms. The van der Waals surface area contributed by atoms with Crippen LogP contribution in [0.3, 0.4) is 0 Å². The van der Waals surface area contributed by atoms with Crippen LogP contribution in [-0.4, -0.2) is 34.4 Å². The molecule has 1 fully saturated rings. The van der Waals surface area contributed by atoms with Crippen molar-refractivity contribution >= 4 is 29.3 Å². The molecule has 0 aliphatic carbocycles. The minimum Gasteiger partial charge on any atom is -0.339 e. The number of carbonyl (C=O) groups is 2. The Balaban J connectivity index is 1.64. The van der Waals surface area contributed by atoms with E-state index in [1.807, 2.05) is 4.90 Å². The van der Waals surface area contributed by atoms with Crippen molar-refractivity contribution in [2.75, 3.05) is 22.1 Å². The SMILES string of the molecule is CC[C@H]1CCCCN1c1nc2c(c(=O)[nH]1)[C@H](C(=O)Nc1cccc(C(F)(F)F)c1)CC(=O)N2. The fourth-order valence-electron chi connectivity index (χ4n) is 4.43. The summed E-state index contributed by atoms with van der Waals surface area (Å²) in [4.78, 5) is 47.4. The van der Waals surface area contributed by atoms with Crippen LogP contribution in [0.1, 0.15) is 56.1 Å². The lowest BCUT2D eigenvalue weighted by atomic mass is 9.92. The van der Waals surface area contributed by atoms with Crippen LogP contribution in [0.15, 0.2) is 29.1 Å². The van der Waals surface area contributed by atoms with Crippen LogP contribution in [-0.2, 0) is 15.8 Å². The fourth-order valence-corrected chi connectivity index (χ4v) is 4.43. The second kappa shape index (κ2) is 8.87. The molecule has 2 aliphatic rings. The van der Waals surface area contributed by atoms with Crippen molar-refractivity contribution < 1.29 is 22.8 Å². The molecule has 4 rings (SSSR count). The molecule has 33 heavy (non-hydrogen) atoms. The van der Waals surface area contributed by atoms with E-state index in [4.69, 9.17) is 0 Å². The highest BCUT2D eigenvalue weighted by Crippen LogP contribution is 2.33. The summed E-state index contributed by atoms with van der Waals surface area (Å²) in [7, 11) is 0. The van der Waals surface area contributed by atoms with E-state index >= 15 is 0 Å². The van der Waals surface area contributed by atoms with E-state index < -0.39 is 35.0 Å². The number of benzene rings is 1. The number of H-pyrrole nitrogens is 1. The van der Waals surface area contributed by atoms with E-state index in [9.17, 15) is 27.6 Å². The Morgan fingerprint density at radius 3 is 2.79 bits per heavy atom. The molecule has 1 aromatic carbocycles. The Morgan fingerprint density at radius 1 is 1.27 bits per heavy atom. The zero-order valence-electron chi connectivity index (χ0n) is 18.0. The molecule has 0 radical (unpaired) electrons. The van der Waals surface area contributed by atoms with Crippen LogP contribution in [0.4, 0.5) is 30.6 Å². The minimum atomic E-state index is -4.57. The third-order valence-corrected chi connectivity index (χ3v) is 6.08. The molecule has 1 saturated heterocycles. The lowest BCUT2D eigenvalue weighted by Gasteiger charge is -2.36. The maximum absolute atomic E-state index is 13.0. The number of anilines is 3. The van der Waals surface area contributed by atoms with Gasteiger partial charge < -0.3 is 15.5 Å². The van der Waals surface area contributed by atoms with Gasteiger partial charge in [0.15, 0.2) is 0 Å². The number of hydrogen-bond acceptors (Lipinski definition) is 5. The first-order chi connectivity index (χ1) is 15.7. The van der Waals surface area contributed by atoms with Gasteiger partial charge in [-0.1, -0.05) is 13.0 Å². The van der Waals surface area contributed by atoms with Crippen LogP contribution in [0, 0.1) is 0 Å². The standard InChI is InChI=1S/C22H24F3N5O3/c1-2-14-8-3-4-9-30(14)21-28-18-17(20(33)29-21)15(11-16(31)27-18)19(32)26-13-7-5-6-12(10-13)22(23,24)25/h5-7,10,14-15H,2-4,8-9,11H2,1H3,(H,26,32)(H2,27,28,29,31,33)/t14-,15+/m0/s1. The molecule has 2 amide bonds. The van der Waals surface area contributed by atoms with Crippen molar-refractivity contribution in [3.63, 3.8) is 0 Å². The number of piperidine rings is 1. The molecule has 3 N–H and O–H groups in total. The number of nitrogens with one attached hydrogen (secondary N) is 3. The zero-order chi connectivity index (χ0) is 23.8. The van der Waals surface area contributed by atoms with Gasteiger partial charge in [-0.05, 0) is 43.9 Å². The number of alkyl halides is 3. The van der Waals surface area contributed by atoms with Gasteiger partial charge in [0.05, 0.1) is 17.0 Å². The van der Waals surface area contributed by atoms with Gasteiger partial charge in [0.25, 0.3) is 5.56 Å². The van der Waals surface area contributed by atoms with Crippen LogP contribution in [0.5, 0.6) is 0 Å². The van der Waals surface area contributed by atoms with E-state index in [1.165, 1.54) is 12.1 Å². The van der Waals surface area contributed by atoms with E-state index in [1.54, 1.807) is 0 Å². The van der Waals surface area contributed by atoms with E-state index in [0.29, 0.717) is 12.5 Å². The fraction of sp³-hybridized carbons (Fsp3) is 0.455. The lowest BCUT2D eigenvalue weighted by molar-refractivity contribution is -0.137. The van der Waals surface area contributed by atoms with Gasteiger partial charge in [-0.2, -0.15) is 18.2 Å². The summed E-state index contributed by atoms with van der Waals surface area (Å²) in [6, 6.07) is 4.38. The quantitative estimate of drug-likeness (QED) is 0.642. The van der Waals surface area contributed by atoms with Gasteiger partial charge >= 0.3 is 6.18 Å². The highest BCUT2D eigenvalue weighted by molar-refractivity contribution is 6.04. The molecule has 0 bridgehead atoms. The topological polar surface area (TPSA) is 107 Å². The highest BCUT2D eigenvalue weighted by Gasteiger charge is 2.36. The van der Waals surface area contributed by atoms with E-state index in [2.05, 4.69) is 27.5 Å². The number of halogens is 3. The molecule has 2 aliphatic heterocycles. The van der Waals surface area contributed by atoms with Crippen molar-refractivity contribution in [2.24, 2.45) is 0 Å². The van der Waals surface area contributed by atoms with Gasteiger partial charge in [-0.3, -0.25) is 19.4 Å². The van der Waals surface area contributed by atoms with Crippen LogP contribution in [0.25, 0.3) is 0 Å². The summed E-state index contributed by atoms with van der Waals surface area (Å²) in [5, 5.41) is 4.96. The number of fused-ring (bicyclic) bond motifs is 1. The van der Waals surface area contributed by atoms with Crippen LogP contribution in [0.2, 0.25) is 0 Å². The molecule has 176 valence electrons. The number of carbonyl (C=O) groups excluding carboxylic acids is 2. The maximum Gasteiger partial charge on any atom is 0.416 e. The summed E-state index contributed by atoms with van der Waals surface area (Å²) in [5.41, 5.74) is -1.56. The molecule has 2 aromatic rings. The van der Waals surface area contributed by atoms with Crippen LogP contribution < -0.4 is 21.1 Å². The summed E-state index contributed by atoms with van der Waals surface area (Å²) < 4.78 is 38.9. The van der Waals surface area contributed by atoms with Crippen molar-refractivity contribution in [3.05, 3.63) is 45.7 Å². The van der Waals surface area contributed by atoms with Crippen LogP contribution >= 0.6 is 0 Å². The van der Waals surface area contributed by atoms with E-state index in [-0.39, 0.29) is 29.5 Å². The van der Waals surface area contributed by atoms with E-state index in [0.717, 1.165) is 37.8 Å². The predicted molar refractivity (Wildman–Crippen MR) is 116 cm³/mol. The second-order valence-corrected chi connectivity index (χ2v) is 8.28. The molecule has 0 saturated carbocycles. The Labute approximate surface area is 187 Å². The molecule has 11 heteroatoms. The third-order valence-electron chi connectivity index (χ3n) is 6.08. The minimum absolute atomic E-state index is 0.00659. The maximum atomic E-state index is 13.0. The molecule has 0 unspecified atom stereocenters. The van der Waals surface area contributed by atoms with Gasteiger partial charge in [-0.25, -0.2) is 0 Å². The Morgan fingerprint density at radius 2 is 2.06 bits per heavy atom. The molecular formula is C22H24F3N5O3. The smallest absolute Gasteiger partial charge is 0.339 e. The zero-order valence-corrected chi connectivity index (χ0v) is 18.0. The normalized spacial score (nSPS) is 20.7. The average Bonchev–Trinajstić information content (AvgIpc) is 2.77. The molecule has 1 aromatic heterocycles. The molecular weight excluding hydrogens is 439 g/mol. The molecule has 2 atom stereocenters. The molecule has 3 heterocycles. The average molecular weight is 463 g/mol. The number of hydrogen-bond donors (Lipinski definition) is 3. The van der Waals surface area contributed by atoms with Crippen molar-refractivity contribution in [1.29, 1.82) is 0 Å². The second-order valence-electron chi connectivity index (χ2n) is 8.28. The monoisotopic (exact) mass is 463 g/mol. The number of aromatic nitrogens is 2.